The summed E-state index contributed by atoms with van der Waals surface area (Å²) in [7, 11) is 1.61. The number of nitrogens with one attached hydrogen (secondary N) is 1. The van der Waals surface area contributed by atoms with Crippen LogP contribution in [0.15, 0.2) is 28.0 Å². The highest BCUT2D eigenvalue weighted by Crippen LogP contribution is 2.34. The second-order valence-electron chi connectivity index (χ2n) is 6.79. The van der Waals surface area contributed by atoms with Crippen molar-refractivity contribution in [3.8, 4) is 0 Å². The molecule has 0 saturated carbocycles. The fourth-order valence-electron chi connectivity index (χ4n) is 3.02. The third-order valence-corrected chi connectivity index (χ3v) is 6.14. The highest BCUT2D eigenvalue weighted by atomic mass is 32.2. The van der Waals surface area contributed by atoms with Crippen molar-refractivity contribution < 1.29 is 9.53 Å². The summed E-state index contributed by atoms with van der Waals surface area (Å²) < 4.78 is 7.10. The lowest BCUT2D eigenvalue weighted by Gasteiger charge is -2.21. The molecule has 0 unspecified atom stereocenters. The third kappa shape index (κ3) is 4.22. The minimum absolute atomic E-state index is 0.00572. The molecule has 1 amide bonds. The number of carbonyl (C=O) groups excluding carboxylic acids is 1. The number of carbonyl (C=O) groups is 1. The molecule has 29 heavy (non-hydrogen) atoms. The summed E-state index contributed by atoms with van der Waals surface area (Å²) in [6.45, 7) is 6.81. The van der Waals surface area contributed by atoms with Crippen LogP contribution in [-0.4, -0.2) is 50.8 Å². The summed E-state index contributed by atoms with van der Waals surface area (Å²) >= 11 is 6.61. The second kappa shape index (κ2) is 9.06. The van der Waals surface area contributed by atoms with Crippen LogP contribution in [0.1, 0.15) is 31.4 Å². The summed E-state index contributed by atoms with van der Waals surface area (Å²) in [5.74, 6) is 0.251. The number of thioether (sulfide) groups is 1. The van der Waals surface area contributed by atoms with E-state index in [1.165, 1.54) is 16.2 Å². The number of aryl methyl sites for hydroxylation is 1. The number of thiocarbonyl (C=S) groups is 1. The van der Waals surface area contributed by atoms with Gasteiger partial charge in [-0.25, -0.2) is 4.98 Å². The van der Waals surface area contributed by atoms with Crippen molar-refractivity contribution in [2.75, 3.05) is 25.6 Å². The first kappa shape index (κ1) is 21.5. The summed E-state index contributed by atoms with van der Waals surface area (Å²) in [5, 5.41) is 3.16. The molecule has 1 aliphatic heterocycles. The van der Waals surface area contributed by atoms with Crippen molar-refractivity contribution in [2.24, 2.45) is 0 Å². The summed E-state index contributed by atoms with van der Waals surface area (Å²) in [5.41, 5.74) is 1.54. The Hall–Kier alpha value is -2.23. The van der Waals surface area contributed by atoms with Gasteiger partial charge in [0.25, 0.3) is 11.5 Å². The molecule has 0 bridgehead atoms. The average molecular weight is 433 g/mol. The number of methoxy groups -OCH3 is 1. The van der Waals surface area contributed by atoms with Crippen LogP contribution in [0.3, 0.4) is 0 Å². The Morgan fingerprint density at radius 3 is 2.86 bits per heavy atom. The topological polar surface area (TPSA) is 75.9 Å². The van der Waals surface area contributed by atoms with Crippen molar-refractivity contribution in [3.63, 3.8) is 0 Å². The standard InChI is InChI=1S/C20H24N4O3S2/c1-5-13(3)24-19(26)15(29-20(24)28)11-14-16(21-8-10-27-4)22-17-12(2)7-6-9-23(17)18(14)25/h6-7,9,11,13,21H,5,8,10H2,1-4H3/b15-11-/t13-/m1/s1. The molecule has 2 aromatic heterocycles. The molecule has 154 valence electrons. The Kier molecular flexibility index (Phi) is 6.71. The molecule has 2 aromatic rings. The van der Waals surface area contributed by atoms with Gasteiger partial charge in [-0.2, -0.15) is 0 Å². The van der Waals surface area contributed by atoms with Gasteiger partial charge in [0.1, 0.15) is 15.8 Å². The van der Waals surface area contributed by atoms with E-state index in [0.717, 1.165) is 12.0 Å². The molecule has 1 saturated heterocycles. The van der Waals surface area contributed by atoms with Crippen LogP contribution in [0.2, 0.25) is 0 Å². The van der Waals surface area contributed by atoms with E-state index in [1.807, 2.05) is 26.8 Å². The molecule has 0 spiro atoms. The maximum absolute atomic E-state index is 13.2. The van der Waals surface area contributed by atoms with Crippen molar-refractivity contribution in [2.45, 2.75) is 33.2 Å². The van der Waals surface area contributed by atoms with Crippen LogP contribution in [-0.2, 0) is 9.53 Å². The van der Waals surface area contributed by atoms with Gasteiger partial charge >= 0.3 is 0 Å². The number of amides is 1. The fraction of sp³-hybridized carbons (Fsp3) is 0.400. The fourth-order valence-corrected chi connectivity index (χ4v) is 4.47. The zero-order chi connectivity index (χ0) is 21.1. The van der Waals surface area contributed by atoms with E-state index in [2.05, 4.69) is 10.3 Å². The van der Waals surface area contributed by atoms with E-state index < -0.39 is 0 Å². The summed E-state index contributed by atoms with van der Waals surface area (Å²) in [6, 6.07) is 3.71. The van der Waals surface area contributed by atoms with Gasteiger partial charge in [0.2, 0.25) is 0 Å². The van der Waals surface area contributed by atoms with Crippen molar-refractivity contribution >= 4 is 51.7 Å². The SMILES string of the molecule is CC[C@@H](C)N1C(=O)/C(=C/c2c(NCCOC)nc3c(C)cccn3c2=O)SC1=S. The number of anilines is 1. The number of fused-ring (bicyclic) bond motifs is 1. The van der Waals surface area contributed by atoms with E-state index in [-0.39, 0.29) is 17.5 Å². The van der Waals surface area contributed by atoms with Crippen molar-refractivity contribution in [1.29, 1.82) is 0 Å². The van der Waals surface area contributed by atoms with E-state index >= 15 is 0 Å². The molecule has 3 heterocycles. The normalized spacial score (nSPS) is 16.8. The largest absolute Gasteiger partial charge is 0.383 e. The van der Waals surface area contributed by atoms with Gasteiger partial charge in [0.05, 0.1) is 17.1 Å². The second-order valence-corrected chi connectivity index (χ2v) is 8.47. The lowest BCUT2D eigenvalue weighted by Crippen LogP contribution is -2.36. The maximum Gasteiger partial charge on any atom is 0.267 e. The predicted octanol–water partition coefficient (Wildman–Crippen LogP) is 3.06. The minimum atomic E-state index is -0.243. The van der Waals surface area contributed by atoms with E-state index in [0.29, 0.717) is 39.4 Å². The van der Waals surface area contributed by atoms with Crippen LogP contribution in [0.25, 0.3) is 11.7 Å². The van der Waals surface area contributed by atoms with Gasteiger partial charge in [0, 0.05) is 25.9 Å². The molecule has 7 nitrogen and oxygen atoms in total. The molecular weight excluding hydrogens is 408 g/mol. The number of ether oxygens (including phenoxy) is 1. The maximum atomic E-state index is 13.2. The monoisotopic (exact) mass is 432 g/mol. The van der Waals surface area contributed by atoms with E-state index in [1.54, 1.807) is 30.3 Å². The molecule has 0 radical (unpaired) electrons. The predicted molar refractivity (Wildman–Crippen MR) is 121 cm³/mol. The Balaban J connectivity index is 2.12. The summed E-state index contributed by atoms with van der Waals surface area (Å²) in [4.78, 5) is 32.8. The van der Waals surface area contributed by atoms with Gasteiger partial charge < -0.3 is 10.1 Å². The van der Waals surface area contributed by atoms with Gasteiger partial charge in [-0.1, -0.05) is 37.0 Å². The molecule has 1 fully saturated rings. The first-order valence-electron chi connectivity index (χ1n) is 9.40. The molecule has 0 aliphatic carbocycles. The Bertz CT molecular complexity index is 1050. The Morgan fingerprint density at radius 2 is 2.17 bits per heavy atom. The molecule has 9 heteroatoms. The number of nitrogens with zero attached hydrogens (tertiary/aromatic N) is 3. The van der Waals surface area contributed by atoms with Crippen molar-refractivity contribution in [3.05, 3.63) is 44.7 Å². The molecule has 1 aliphatic rings. The Labute approximate surface area is 179 Å². The molecule has 3 rings (SSSR count). The van der Waals surface area contributed by atoms with E-state index in [4.69, 9.17) is 17.0 Å². The highest BCUT2D eigenvalue weighted by molar-refractivity contribution is 8.26. The number of hydrogen-bond donors (Lipinski definition) is 1. The molecule has 1 N–H and O–H groups in total. The molecular formula is C20H24N4O3S2. The third-order valence-electron chi connectivity index (χ3n) is 4.81. The van der Waals surface area contributed by atoms with Gasteiger partial charge in [0.15, 0.2) is 0 Å². The van der Waals surface area contributed by atoms with Crippen LogP contribution >= 0.6 is 24.0 Å². The van der Waals surface area contributed by atoms with Crippen LogP contribution < -0.4 is 10.9 Å². The van der Waals surface area contributed by atoms with Crippen LogP contribution in [0, 0.1) is 6.92 Å². The number of rotatable bonds is 7. The first-order valence-corrected chi connectivity index (χ1v) is 10.6. The van der Waals surface area contributed by atoms with Gasteiger partial charge in [-0.05, 0) is 38.0 Å². The number of hydrogen-bond acceptors (Lipinski definition) is 7. The highest BCUT2D eigenvalue weighted by Gasteiger charge is 2.35. The molecule has 1 atom stereocenters. The van der Waals surface area contributed by atoms with Crippen molar-refractivity contribution in [1.82, 2.24) is 14.3 Å². The molecule has 0 aromatic carbocycles. The smallest absolute Gasteiger partial charge is 0.267 e. The lowest BCUT2D eigenvalue weighted by atomic mass is 10.2. The first-order chi connectivity index (χ1) is 13.9. The van der Waals surface area contributed by atoms with Gasteiger partial charge in [-0.15, -0.1) is 0 Å². The number of pyridine rings is 1. The zero-order valence-corrected chi connectivity index (χ0v) is 18.5. The lowest BCUT2D eigenvalue weighted by molar-refractivity contribution is -0.123. The zero-order valence-electron chi connectivity index (χ0n) is 16.9. The average Bonchev–Trinajstić information content (AvgIpc) is 2.98. The van der Waals surface area contributed by atoms with Crippen LogP contribution in [0.5, 0.6) is 0 Å². The van der Waals surface area contributed by atoms with Crippen LogP contribution in [0.4, 0.5) is 5.82 Å². The quantitative estimate of drug-likeness (QED) is 0.409. The Morgan fingerprint density at radius 1 is 1.41 bits per heavy atom. The summed E-state index contributed by atoms with van der Waals surface area (Å²) in [6.07, 6.45) is 4.07. The van der Waals surface area contributed by atoms with Gasteiger partial charge in [-0.3, -0.25) is 18.9 Å². The minimum Gasteiger partial charge on any atom is -0.383 e. The number of aromatic nitrogens is 2. The van der Waals surface area contributed by atoms with E-state index in [9.17, 15) is 9.59 Å².